The van der Waals surface area contributed by atoms with Gasteiger partial charge in [-0.2, -0.15) is 0 Å². The maximum absolute atomic E-state index is 10.5. The first-order chi connectivity index (χ1) is 8.18. The van der Waals surface area contributed by atoms with Crippen LogP contribution in [0.5, 0.6) is 0 Å². The summed E-state index contributed by atoms with van der Waals surface area (Å²) in [4.78, 5) is 10.5. The Morgan fingerprint density at radius 1 is 1.53 bits per heavy atom. The first kappa shape index (κ1) is 12.0. The minimum absolute atomic E-state index is 0.188. The van der Waals surface area contributed by atoms with Crippen LogP contribution < -0.4 is 0 Å². The third-order valence-corrected chi connectivity index (χ3v) is 3.29. The van der Waals surface area contributed by atoms with Gasteiger partial charge in [-0.15, -0.1) is 10.2 Å². The molecule has 17 heavy (non-hydrogen) atoms. The molecule has 94 valence electrons. The summed E-state index contributed by atoms with van der Waals surface area (Å²) in [5.74, 6) is 0.194. The van der Waals surface area contributed by atoms with Gasteiger partial charge in [-0.3, -0.25) is 0 Å². The molecule has 0 radical (unpaired) electrons. The summed E-state index contributed by atoms with van der Waals surface area (Å²) < 4.78 is 1.86. The van der Waals surface area contributed by atoms with Crippen LogP contribution in [0.1, 0.15) is 43.8 Å². The maximum Gasteiger partial charge on any atom is 0.332 e. The van der Waals surface area contributed by atoms with Gasteiger partial charge in [-0.05, 0) is 12.8 Å². The van der Waals surface area contributed by atoms with E-state index in [1.165, 1.54) is 12.8 Å². The van der Waals surface area contributed by atoms with Crippen molar-refractivity contribution in [2.45, 2.75) is 50.7 Å². The molecule has 1 aromatic heterocycles. The summed E-state index contributed by atoms with van der Waals surface area (Å²) in [5.41, 5.74) is 0. The van der Waals surface area contributed by atoms with Gasteiger partial charge in [0.1, 0.15) is 12.2 Å². The molecule has 1 aromatic rings. The average Bonchev–Trinajstić information content (AvgIpc) is 2.95. The van der Waals surface area contributed by atoms with Gasteiger partial charge in [0.15, 0.2) is 6.10 Å². The molecule has 0 amide bonds. The predicted octanol–water partition coefficient (Wildman–Crippen LogP) is 0.771. The molecule has 0 aliphatic heterocycles. The third kappa shape index (κ3) is 2.82. The molecule has 2 N–H and O–H groups in total. The van der Waals surface area contributed by atoms with Crippen molar-refractivity contribution in [3.05, 3.63) is 12.2 Å². The topological polar surface area (TPSA) is 88.2 Å². The molecule has 1 saturated carbocycles. The van der Waals surface area contributed by atoms with E-state index in [1.54, 1.807) is 6.33 Å². The molecule has 6 nitrogen and oxygen atoms in total. The van der Waals surface area contributed by atoms with Crippen molar-refractivity contribution < 1.29 is 15.0 Å². The fourth-order valence-corrected chi connectivity index (χ4v) is 2.32. The fraction of sp³-hybridized carbons (Fsp3) is 0.727. The van der Waals surface area contributed by atoms with Crippen molar-refractivity contribution in [3.8, 4) is 0 Å². The van der Waals surface area contributed by atoms with Crippen LogP contribution in [0.3, 0.4) is 0 Å². The van der Waals surface area contributed by atoms with Crippen LogP contribution in [-0.2, 0) is 11.3 Å². The smallest absolute Gasteiger partial charge is 0.332 e. The lowest BCUT2D eigenvalue weighted by molar-refractivity contribution is -0.147. The number of carboxylic acids is 1. The first-order valence-corrected chi connectivity index (χ1v) is 5.97. The second kappa shape index (κ2) is 5.27. The van der Waals surface area contributed by atoms with Crippen molar-refractivity contribution in [1.82, 2.24) is 14.8 Å². The Balaban J connectivity index is 1.96. The largest absolute Gasteiger partial charge is 0.479 e. The van der Waals surface area contributed by atoms with E-state index < -0.39 is 12.1 Å². The van der Waals surface area contributed by atoms with Crippen LogP contribution >= 0.6 is 0 Å². The normalized spacial score (nSPS) is 18.4. The number of rotatable bonds is 5. The Bertz CT molecular complexity index is 385. The molecule has 1 aliphatic carbocycles. The predicted molar refractivity (Wildman–Crippen MR) is 59.5 cm³/mol. The van der Waals surface area contributed by atoms with Gasteiger partial charge in [-0.1, -0.05) is 12.8 Å². The lowest BCUT2D eigenvalue weighted by Crippen LogP contribution is -2.22. The van der Waals surface area contributed by atoms with Crippen LogP contribution in [0.2, 0.25) is 0 Å². The minimum atomic E-state index is -1.31. The number of aromatic nitrogens is 3. The number of aryl methyl sites for hydroxylation is 1. The molecule has 6 heteroatoms. The molecule has 0 saturated heterocycles. The van der Waals surface area contributed by atoms with Crippen molar-refractivity contribution in [2.24, 2.45) is 0 Å². The fourth-order valence-electron chi connectivity index (χ4n) is 2.32. The Morgan fingerprint density at radius 2 is 2.24 bits per heavy atom. The van der Waals surface area contributed by atoms with E-state index in [0.29, 0.717) is 12.5 Å². The van der Waals surface area contributed by atoms with E-state index in [1.807, 2.05) is 4.57 Å². The molecule has 1 atom stereocenters. The zero-order chi connectivity index (χ0) is 12.3. The van der Waals surface area contributed by atoms with E-state index in [2.05, 4.69) is 10.2 Å². The number of aliphatic carboxylic acids is 1. The SMILES string of the molecule is O=C(O)C(O)CCn1cnnc1C1CCCC1. The molecule has 1 heterocycles. The van der Waals surface area contributed by atoms with Crippen LogP contribution in [-0.4, -0.2) is 37.1 Å². The van der Waals surface area contributed by atoms with Gasteiger partial charge in [0.05, 0.1) is 0 Å². The Morgan fingerprint density at radius 3 is 2.88 bits per heavy atom. The molecule has 1 unspecified atom stereocenters. The van der Waals surface area contributed by atoms with E-state index in [9.17, 15) is 9.90 Å². The molecule has 0 aromatic carbocycles. The summed E-state index contributed by atoms with van der Waals surface area (Å²) in [6.07, 6.45) is 5.18. The van der Waals surface area contributed by atoms with E-state index in [-0.39, 0.29) is 6.42 Å². The van der Waals surface area contributed by atoms with Crippen LogP contribution in [0, 0.1) is 0 Å². The monoisotopic (exact) mass is 239 g/mol. The van der Waals surface area contributed by atoms with Gasteiger partial charge in [0.25, 0.3) is 0 Å². The third-order valence-electron chi connectivity index (χ3n) is 3.29. The molecule has 2 rings (SSSR count). The average molecular weight is 239 g/mol. The van der Waals surface area contributed by atoms with Crippen molar-refractivity contribution in [2.75, 3.05) is 0 Å². The van der Waals surface area contributed by atoms with Crippen LogP contribution in [0.25, 0.3) is 0 Å². The standard InChI is InChI=1S/C11H17N3O3/c15-9(11(16)17)5-6-14-7-12-13-10(14)8-3-1-2-4-8/h7-9,15H,1-6H2,(H,16,17). The van der Waals surface area contributed by atoms with Gasteiger partial charge in [0.2, 0.25) is 0 Å². The lowest BCUT2D eigenvalue weighted by Gasteiger charge is -2.12. The number of hydrogen-bond donors (Lipinski definition) is 2. The van der Waals surface area contributed by atoms with Gasteiger partial charge in [0, 0.05) is 18.9 Å². The highest BCUT2D eigenvalue weighted by Crippen LogP contribution is 2.32. The van der Waals surface area contributed by atoms with Gasteiger partial charge >= 0.3 is 5.97 Å². The number of aliphatic hydroxyl groups is 1. The van der Waals surface area contributed by atoms with Crippen molar-refractivity contribution in [3.63, 3.8) is 0 Å². The van der Waals surface area contributed by atoms with Crippen LogP contribution in [0.15, 0.2) is 6.33 Å². The Hall–Kier alpha value is -1.43. The maximum atomic E-state index is 10.5. The van der Waals surface area contributed by atoms with E-state index >= 15 is 0 Å². The highest BCUT2D eigenvalue weighted by Gasteiger charge is 2.22. The molecular weight excluding hydrogens is 222 g/mol. The highest BCUT2D eigenvalue weighted by atomic mass is 16.4. The minimum Gasteiger partial charge on any atom is -0.479 e. The quantitative estimate of drug-likeness (QED) is 0.792. The molecule has 0 spiro atoms. The summed E-state index contributed by atoms with van der Waals surface area (Å²) in [6, 6.07) is 0. The number of carbonyl (C=O) groups is 1. The number of nitrogens with zero attached hydrogens (tertiary/aromatic N) is 3. The second-order valence-corrected chi connectivity index (χ2v) is 4.51. The summed E-state index contributed by atoms with van der Waals surface area (Å²) in [6.45, 7) is 0.451. The molecular formula is C11H17N3O3. The number of carboxylic acid groups (broad SMARTS) is 1. The summed E-state index contributed by atoms with van der Waals surface area (Å²) >= 11 is 0. The Labute approximate surface area is 99.3 Å². The molecule has 1 aliphatic rings. The molecule has 1 fully saturated rings. The van der Waals surface area contributed by atoms with Crippen molar-refractivity contribution >= 4 is 5.97 Å². The van der Waals surface area contributed by atoms with Crippen LogP contribution in [0.4, 0.5) is 0 Å². The zero-order valence-electron chi connectivity index (χ0n) is 9.62. The van der Waals surface area contributed by atoms with E-state index in [4.69, 9.17) is 5.11 Å². The first-order valence-electron chi connectivity index (χ1n) is 5.97. The summed E-state index contributed by atoms with van der Waals surface area (Å²) in [5, 5.41) is 25.8. The van der Waals surface area contributed by atoms with Gasteiger partial charge < -0.3 is 14.8 Å². The zero-order valence-corrected chi connectivity index (χ0v) is 9.62. The highest BCUT2D eigenvalue weighted by molar-refractivity contribution is 5.71. The second-order valence-electron chi connectivity index (χ2n) is 4.51. The van der Waals surface area contributed by atoms with Gasteiger partial charge in [-0.25, -0.2) is 4.79 Å². The number of aliphatic hydroxyl groups excluding tert-OH is 1. The number of hydrogen-bond acceptors (Lipinski definition) is 4. The lowest BCUT2D eigenvalue weighted by atomic mass is 10.1. The Kier molecular flexibility index (Phi) is 3.73. The van der Waals surface area contributed by atoms with Crippen molar-refractivity contribution in [1.29, 1.82) is 0 Å². The molecule has 0 bridgehead atoms. The summed E-state index contributed by atoms with van der Waals surface area (Å²) in [7, 11) is 0. The van der Waals surface area contributed by atoms with E-state index in [0.717, 1.165) is 18.7 Å².